The van der Waals surface area contributed by atoms with Crippen molar-refractivity contribution in [2.45, 2.75) is 53.1 Å². The first-order valence-corrected chi connectivity index (χ1v) is 7.74. The highest BCUT2D eigenvalue weighted by Crippen LogP contribution is 2.17. The average molecular weight is 342 g/mol. The Morgan fingerprint density at radius 2 is 1.83 bits per heavy atom. The highest BCUT2D eigenvalue weighted by molar-refractivity contribution is 5.99. The number of anilines is 1. The van der Waals surface area contributed by atoms with Crippen LogP contribution in [-0.2, 0) is 4.79 Å². The molecule has 1 rings (SSSR count). The summed E-state index contributed by atoms with van der Waals surface area (Å²) in [4.78, 5) is 24.3. The molecule has 0 aliphatic carbocycles. The Morgan fingerprint density at radius 3 is 2.35 bits per heavy atom. The van der Waals surface area contributed by atoms with E-state index in [1.54, 1.807) is 12.1 Å². The van der Waals surface area contributed by atoms with Crippen LogP contribution in [0.5, 0.6) is 0 Å². The standard InChI is InChI=1S/C17H27N3O2.ClH/c1-6-11(4)15(18)17(22)20-13-8-7-12(5)14(9-13)16(21)19-10(2)3;/h7-11,15H,6,18H2,1-5H3,(H,19,21)(H,20,22);1H. The van der Waals surface area contributed by atoms with Crippen molar-refractivity contribution in [3.63, 3.8) is 0 Å². The van der Waals surface area contributed by atoms with Crippen molar-refractivity contribution in [3.8, 4) is 0 Å². The van der Waals surface area contributed by atoms with Gasteiger partial charge in [0.25, 0.3) is 5.91 Å². The third-order valence-corrected chi connectivity index (χ3v) is 3.73. The van der Waals surface area contributed by atoms with Crippen molar-refractivity contribution in [3.05, 3.63) is 29.3 Å². The van der Waals surface area contributed by atoms with Gasteiger partial charge in [0.1, 0.15) is 0 Å². The van der Waals surface area contributed by atoms with E-state index >= 15 is 0 Å². The van der Waals surface area contributed by atoms with E-state index in [-0.39, 0.29) is 36.2 Å². The maximum atomic E-state index is 12.2. The zero-order chi connectivity index (χ0) is 16.9. The van der Waals surface area contributed by atoms with Crippen LogP contribution in [0.1, 0.15) is 50.0 Å². The molecule has 5 nitrogen and oxygen atoms in total. The molecule has 4 N–H and O–H groups in total. The van der Waals surface area contributed by atoms with Crippen LogP contribution in [0, 0.1) is 12.8 Å². The molecule has 23 heavy (non-hydrogen) atoms. The van der Waals surface area contributed by atoms with Crippen molar-refractivity contribution in [2.75, 3.05) is 5.32 Å². The van der Waals surface area contributed by atoms with Gasteiger partial charge in [0.2, 0.25) is 5.91 Å². The largest absolute Gasteiger partial charge is 0.350 e. The highest BCUT2D eigenvalue weighted by atomic mass is 35.5. The van der Waals surface area contributed by atoms with Gasteiger partial charge in [-0.1, -0.05) is 26.3 Å². The third-order valence-electron chi connectivity index (χ3n) is 3.73. The van der Waals surface area contributed by atoms with E-state index in [1.807, 2.05) is 40.7 Å². The van der Waals surface area contributed by atoms with Gasteiger partial charge in [-0.2, -0.15) is 0 Å². The normalized spacial score (nSPS) is 13.0. The fourth-order valence-electron chi connectivity index (χ4n) is 2.02. The van der Waals surface area contributed by atoms with Gasteiger partial charge in [-0.05, 0) is 44.4 Å². The molecule has 0 saturated carbocycles. The van der Waals surface area contributed by atoms with E-state index in [1.165, 1.54) is 0 Å². The summed E-state index contributed by atoms with van der Waals surface area (Å²) in [6.45, 7) is 9.62. The summed E-state index contributed by atoms with van der Waals surface area (Å²) in [5.41, 5.74) is 7.93. The predicted molar refractivity (Wildman–Crippen MR) is 97.1 cm³/mol. The van der Waals surface area contributed by atoms with Crippen LogP contribution < -0.4 is 16.4 Å². The number of nitrogens with two attached hydrogens (primary N) is 1. The van der Waals surface area contributed by atoms with Gasteiger partial charge in [0, 0.05) is 17.3 Å². The molecule has 0 saturated heterocycles. The molecule has 1 aromatic rings. The topological polar surface area (TPSA) is 84.2 Å². The molecule has 0 radical (unpaired) electrons. The Labute approximate surface area is 144 Å². The number of rotatable bonds is 6. The second kappa shape index (κ2) is 9.53. The van der Waals surface area contributed by atoms with Crippen LogP contribution in [0.4, 0.5) is 5.69 Å². The van der Waals surface area contributed by atoms with Gasteiger partial charge in [-0.3, -0.25) is 9.59 Å². The van der Waals surface area contributed by atoms with Crippen molar-refractivity contribution < 1.29 is 9.59 Å². The van der Waals surface area contributed by atoms with Crippen molar-refractivity contribution in [1.29, 1.82) is 0 Å². The number of amides is 2. The predicted octanol–water partition coefficient (Wildman–Crippen LogP) is 2.87. The van der Waals surface area contributed by atoms with Crippen LogP contribution in [0.25, 0.3) is 0 Å². The zero-order valence-electron chi connectivity index (χ0n) is 14.5. The van der Waals surface area contributed by atoms with Crippen molar-refractivity contribution in [1.82, 2.24) is 5.32 Å². The molecule has 1 aromatic carbocycles. The van der Waals surface area contributed by atoms with Gasteiger partial charge < -0.3 is 16.4 Å². The Bertz CT molecular complexity index is 547. The first kappa shape index (κ1) is 21.4. The second-order valence-corrected chi connectivity index (χ2v) is 6.06. The van der Waals surface area contributed by atoms with Crippen LogP contribution in [0.3, 0.4) is 0 Å². The van der Waals surface area contributed by atoms with Gasteiger partial charge in [0.05, 0.1) is 6.04 Å². The quantitative estimate of drug-likeness (QED) is 0.743. The van der Waals surface area contributed by atoms with Crippen molar-refractivity contribution in [2.24, 2.45) is 11.7 Å². The fourth-order valence-corrected chi connectivity index (χ4v) is 2.02. The molecule has 0 fully saturated rings. The van der Waals surface area contributed by atoms with Gasteiger partial charge in [0.15, 0.2) is 0 Å². The van der Waals surface area contributed by atoms with E-state index in [0.29, 0.717) is 11.3 Å². The van der Waals surface area contributed by atoms with Crippen LogP contribution >= 0.6 is 12.4 Å². The number of carbonyl (C=O) groups excluding carboxylic acids is 2. The molecule has 0 aliphatic rings. The third kappa shape index (κ3) is 6.20. The number of nitrogens with one attached hydrogen (secondary N) is 2. The minimum atomic E-state index is -0.556. The lowest BCUT2D eigenvalue weighted by molar-refractivity contribution is -0.118. The highest BCUT2D eigenvalue weighted by Gasteiger charge is 2.20. The number of hydrogen-bond donors (Lipinski definition) is 3. The molecule has 0 spiro atoms. The summed E-state index contributed by atoms with van der Waals surface area (Å²) in [6, 6.07) is 4.79. The summed E-state index contributed by atoms with van der Waals surface area (Å²) in [6.07, 6.45) is 0.838. The van der Waals surface area contributed by atoms with E-state index < -0.39 is 6.04 Å². The maximum Gasteiger partial charge on any atom is 0.251 e. The summed E-state index contributed by atoms with van der Waals surface area (Å²) < 4.78 is 0. The zero-order valence-corrected chi connectivity index (χ0v) is 15.3. The molecule has 0 bridgehead atoms. The molecule has 6 heteroatoms. The molecule has 2 amide bonds. The molecular formula is C17H28ClN3O2. The van der Waals surface area contributed by atoms with E-state index in [0.717, 1.165) is 12.0 Å². The van der Waals surface area contributed by atoms with Gasteiger partial charge in [-0.15, -0.1) is 12.4 Å². The number of carbonyl (C=O) groups is 2. The number of benzene rings is 1. The van der Waals surface area contributed by atoms with E-state index in [2.05, 4.69) is 10.6 Å². The average Bonchev–Trinajstić information content (AvgIpc) is 2.46. The Morgan fingerprint density at radius 1 is 1.22 bits per heavy atom. The molecule has 2 unspecified atom stereocenters. The SMILES string of the molecule is CCC(C)C(N)C(=O)Nc1ccc(C)c(C(=O)NC(C)C)c1.Cl. The minimum Gasteiger partial charge on any atom is -0.350 e. The Hall–Kier alpha value is -1.59. The first-order valence-electron chi connectivity index (χ1n) is 7.74. The number of halogens is 1. The van der Waals surface area contributed by atoms with Crippen LogP contribution in [0.15, 0.2) is 18.2 Å². The summed E-state index contributed by atoms with van der Waals surface area (Å²) in [5.74, 6) is -0.266. The molecule has 0 heterocycles. The lowest BCUT2D eigenvalue weighted by Gasteiger charge is -2.18. The number of hydrogen-bond acceptors (Lipinski definition) is 3. The smallest absolute Gasteiger partial charge is 0.251 e. The lowest BCUT2D eigenvalue weighted by Crippen LogP contribution is -2.40. The molecule has 0 aromatic heterocycles. The van der Waals surface area contributed by atoms with E-state index in [4.69, 9.17) is 5.73 Å². The molecular weight excluding hydrogens is 314 g/mol. The molecule has 0 aliphatic heterocycles. The van der Waals surface area contributed by atoms with E-state index in [9.17, 15) is 9.59 Å². The summed E-state index contributed by atoms with van der Waals surface area (Å²) in [5, 5.41) is 5.64. The lowest BCUT2D eigenvalue weighted by atomic mass is 9.99. The Kier molecular flexibility index (Phi) is 8.87. The van der Waals surface area contributed by atoms with Crippen LogP contribution in [-0.4, -0.2) is 23.9 Å². The maximum absolute atomic E-state index is 12.2. The van der Waals surface area contributed by atoms with Gasteiger partial charge in [-0.25, -0.2) is 0 Å². The second-order valence-electron chi connectivity index (χ2n) is 6.06. The number of aryl methyl sites for hydroxylation is 1. The Balaban J connectivity index is 0.00000484. The fraction of sp³-hybridized carbons (Fsp3) is 0.529. The monoisotopic (exact) mass is 341 g/mol. The van der Waals surface area contributed by atoms with Crippen LogP contribution in [0.2, 0.25) is 0 Å². The minimum absolute atomic E-state index is 0. The van der Waals surface area contributed by atoms with Gasteiger partial charge >= 0.3 is 0 Å². The summed E-state index contributed by atoms with van der Waals surface area (Å²) >= 11 is 0. The van der Waals surface area contributed by atoms with Crippen molar-refractivity contribution >= 4 is 29.9 Å². The molecule has 2 atom stereocenters. The first-order chi connectivity index (χ1) is 10.3. The molecule has 130 valence electrons. The summed E-state index contributed by atoms with van der Waals surface area (Å²) in [7, 11) is 0.